The maximum Gasteiger partial charge on any atom is 0.247 e. The first-order valence-electron chi connectivity index (χ1n) is 11.1. The number of nitriles is 1. The third-order valence-electron chi connectivity index (χ3n) is 6.35. The Labute approximate surface area is 194 Å². The summed E-state index contributed by atoms with van der Waals surface area (Å²) >= 11 is 0. The third-order valence-corrected chi connectivity index (χ3v) is 6.35. The molecule has 2 aliphatic heterocycles. The first kappa shape index (κ1) is 22.6. The van der Waals surface area contributed by atoms with Gasteiger partial charge in [-0.25, -0.2) is 4.98 Å². The number of nitrogens with zero attached hydrogens (tertiary/aromatic N) is 3. The van der Waals surface area contributed by atoms with Gasteiger partial charge in [-0.15, -0.1) is 0 Å². The third kappa shape index (κ3) is 4.37. The van der Waals surface area contributed by atoms with Crippen molar-refractivity contribution in [1.29, 1.82) is 5.26 Å². The zero-order valence-corrected chi connectivity index (χ0v) is 19.3. The molecule has 3 heterocycles. The highest BCUT2D eigenvalue weighted by Crippen LogP contribution is 2.48. The average molecular weight is 448 g/mol. The minimum Gasteiger partial charge on any atom is -0.496 e. The fourth-order valence-corrected chi connectivity index (χ4v) is 4.71. The molecule has 3 N–H and O–H groups in total. The highest BCUT2D eigenvalue weighted by atomic mass is 16.5. The number of ether oxygens (including phenoxy) is 2. The van der Waals surface area contributed by atoms with Crippen LogP contribution < -0.4 is 20.5 Å². The van der Waals surface area contributed by atoms with E-state index in [0.717, 1.165) is 42.0 Å². The topological polar surface area (TPSA) is 113 Å². The van der Waals surface area contributed by atoms with Crippen LogP contribution in [0.25, 0.3) is 0 Å². The van der Waals surface area contributed by atoms with Crippen molar-refractivity contribution < 1.29 is 14.3 Å². The number of benzene rings is 1. The Hall–Kier alpha value is -3.57. The van der Waals surface area contributed by atoms with Crippen LogP contribution in [0.15, 0.2) is 35.7 Å². The standard InChI is InChI=1S/C25H29N5O3/c1-15-14-28-25(33-11-10-30-8-4-5-9-30)22-21(20(24(27)31)16(2)29-23(15)22)18-7-6-17(13-26)12-19(18)32-3/h6-7,12,14,21,29H,4-5,8-11H2,1-3H3,(H2,27,31)/t21-/m0/s1. The predicted octanol–water partition coefficient (Wildman–Crippen LogP) is 3.06. The number of amides is 1. The van der Waals surface area contributed by atoms with Crippen LogP contribution in [0.3, 0.4) is 0 Å². The molecule has 1 saturated heterocycles. The monoisotopic (exact) mass is 447 g/mol. The second-order valence-corrected chi connectivity index (χ2v) is 8.46. The number of hydrogen-bond acceptors (Lipinski definition) is 7. The van der Waals surface area contributed by atoms with Crippen molar-refractivity contribution in [3.8, 4) is 17.7 Å². The summed E-state index contributed by atoms with van der Waals surface area (Å²) in [6.45, 7) is 7.28. The van der Waals surface area contributed by atoms with Gasteiger partial charge in [-0.1, -0.05) is 6.07 Å². The molecule has 0 unspecified atom stereocenters. The molecule has 0 radical (unpaired) electrons. The number of nitrogens with two attached hydrogens (primary N) is 1. The summed E-state index contributed by atoms with van der Waals surface area (Å²) in [4.78, 5) is 19.6. The highest BCUT2D eigenvalue weighted by Gasteiger charge is 2.37. The minimum atomic E-state index is -0.546. The van der Waals surface area contributed by atoms with Gasteiger partial charge < -0.3 is 20.5 Å². The molecule has 2 aromatic rings. The van der Waals surface area contributed by atoms with Gasteiger partial charge in [0.1, 0.15) is 12.4 Å². The summed E-state index contributed by atoms with van der Waals surface area (Å²) in [5, 5.41) is 12.7. The Bertz CT molecular complexity index is 1150. The molecular weight excluding hydrogens is 418 g/mol. The number of anilines is 1. The number of primary amides is 1. The van der Waals surface area contributed by atoms with E-state index in [1.165, 1.54) is 12.8 Å². The lowest BCUT2D eigenvalue weighted by molar-refractivity contribution is -0.114. The van der Waals surface area contributed by atoms with E-state index in [0.29, 0.717) is 35.1 Å². The number of carbonyl (C=O) groups is 1. The average Bonchev–Trinajstić information content (AvgIpc) is 3.33. The number of pyridine rings is 1. The molecule has 1 aromatic heterocycles. The van der Waals surface area contributed by atoms with E-state index in [-0.39, 0.29) is 0 Å². The van der Waals surface area contributed by atoms with Crippen LogP contribution in [0.2, 0.25) is 0 Å². The van der Waals surface area contributed by atoms with Crippen LogP contribution in [-0.4, -0.2) is 49.1 Å². The maximum atomic E-state index is 12.6. The van der Waals surface area contributed by atoms with Crippen LogP contribution in [0.5, 0.6) is 11.6 Å². The Morgan fingerprint density at radius 3 is 2.76 bits per heavy atom. The number of hydrogen-bond donors (Lipinski definition) is 2. The van der Waals surface area contributed by atoms with Crippen LogP contribution in [0.4, 0.5) is 5.69 Å². The van der Waals surface area contributed by atoms with Gasteiger partial charge >= 0.3 is 0 Å². The van der Waals surface area contributed by atoms with Crippen LogP contribution in [0.1, 0.15) is 47.9 Å². The molecule has 0 aliphatic carbocycles. The summed E-state index contributed by atoms with van der Waals surface area (Å²) in [7, 11) is 1.55. The summed E-state index contributed by atoms with van der Waals surface area (Å²) < 4.78 is 11.8. The molecule has 2 aliphatic rings. The Kier molecular flexibility index (Phi) is 6.52. The van der Waals surface area contributed by atoms with E-state index in [4.69, 9.17) is 15.2 Å². The van der Waals surface area contributed by atoms with Crippen LogP contribution in [-0.2, 0) is 4.79 Å². The van der Waals surface area contributed by atoms with Crippen molar-refractivity contribution >= 4 is 11.6 Å². The van der Waals surface area contributed by atoms with Crippen molar-refractivity contribution in [2.75, 3.05) is 38.7 Å². The van der Waals surface area contributed by atoms with Gasteiger partial charge in [0, 0.05) is 29.6 Å². The molecule has 0 spiro atoms. The summed E-state index contributed by atoms with van der Waals surface area (Å²) in [5.41, 5.74) is 10.7. The quantitative estimate of drug-likeness (QED) is 0.670. The molecule has 1 amide bonds. The normalized spacial score (nSPS) is 17.8. The summed E-state index contributed by atoms with van der Waals surface area (Å²) in [6.07, 6.45) is 4.20. The first-order chi connectivity index (χ1) is 15.9. The van der Waals surface area contributed by atoms with E-state index in [1.54, 1.807) is 25.4 Å². The number of carbonyl (C=O) groups excluding carboxylic acids is 1. The molecule has 1 aromatic carbocycles. The second-order valence-electron chi connectivity index (χ2n) is 8.46. The molecule has 1 fully saturated rings. The number of fused-ring (bicyclic) bond motifs is 1. The smallest absolute Gasteiger partial charge is 0.247 e. The Morgan fingerprint density at radius 1 is 1.33 bits per heavy atom. The zero-order chi connectivity index (χ0) is 23.5. The molecule has 33 heavy (non-hydrogen) atoms. The lowest BCUT2D eigenvalue weighted by atomic mass is 9.79. The lowest BCUT2D eigenvalue weighted by Crippen LogP contribution is -2.29. The number of rotatable bonds is 7. The first-order valence-corrected chi connectivity index (χ1v) is 11.1. The van der Waals surface area contributed by atoms with E-state index < -0.39 is 11.8 Å². The molecule has 172 valence electrons. The van der Waals surface area contributed by atoms with Gasteiger partial charge in [0.15, 0.2) is 0 Å². The Balaban J connectivity index is 1.82. The SMILES string of the molecule is COc1cc(C#N)ccc1[C@H]1C(C(N)=O)=C(C)Nc2c(C)cnc(OCCN3CCCC3)c21. The van der Waals surface area contributed by atoms with E-state index >= 15 is 0 Å². The van der Waals surface area contributed by atoms with Gasteiger partial charge in [-0.05, 0) is 57.5 Å². The summed E-state index contributed by atoms with van der Waals surface area (Å²) in [6, 6.07) is 7.32. The number of aromatic nitrogens is 1. The van der Waals surface area contributed by atoms with Crippen molar-refractivity contribution in [3.63, 3.8) is 0 Å². The molecule has 8 heteroatoms. The molecular formula is C25H29N5O3. The number of nitrogens with one attached hydrogen (secondary N) is 1. The number of allylic oxidation sites excluding steroid dienone is 1. The van der Waals surface area contributed by atoms with Crippen LogP contribution in [0, 0.1) is 18.3 Å². The van der Waals surface area contributed by atoms with Crippen molar-refractivity contribution in [2.24, 2.45) is 5.73 Å². The summed E-state index contributed by atoms with van der Waals surface area (Å²) in [5.74, 6) is -0.116. The van der Waals surface area contributed by atoms with E-state index in [2.05, 4.69) is 21.3 Å². The highest BCUT2D eigenvalue weighted by molar-refractivity contribution is 5.98. The molecule has 8 nitrogen and oxygen atoms in total. The number of methoxy groups -OCH3 is 1. The van der Waals surface area contributed by atoms with E-state index in [9.17, 15) is 10.1 Å². The fourth-order valence-electron chi connectivity index (χ4n) is 4.71. The largest absolute Gasteiger partial charge is 0.496 e. The predicted molar refractivity (Wildman–Crippen MR) is 125 cm³/mol. The van der Waals surface area contributed by atoms with Gasteiger partial charge in [0.25, 0.3) is 0 Å². The van der Waals surface area contributed by atoms with Gasteiger partial charge in [-0.3, -0.25) is 9.69 Å². The van der Waals surface area contributed by atoms with Crippen LogP contribution >= 0.6 is 0 Å². The lowest BCUT2D eigenvalue weighted by Gasteiger charge is -2.32. The molecule has 0 bridgehead atoms. The minimum absolute atomic E-state index is 0.419. The maximum absolute atomic E-state index is 12.6. The second kappa shape index (κ2) is 9.51. The zero-order valence-electron chi connectivity index (χ0n) is 19.3. The van der Waals surface area contributed by atoms with E-state index in [1.807, 2.05) is 19.9 Å². The Morgan fingerprint density at radius 2 is 2.09 bits per heavy atom. The molecule has 4 rings (SSSR count). The molecule has 0 saturated carbocycles. The fraction of sp³-hybridized carbons (Fsp3) is 0.400. The van der Waals surface area contributed by atoms with Crippen molar-refractivity contribution in [3.05, 3.63) is 57.9 Å². The van der Waals surface area contributed by atoms with Gasteiger partial charge in [-0.2, -0.15) is 5.26 Å². The van der Waals surface area contributed by atoms with Gasteiger partial charge in [0.2, 0.25) is 11.8 Å². The van der Waals surface area contributed by atoms with Crippen molar-refractivity contribution in [2.45, 2.75) is 32.6 Å². The van der Waals surface area contributed by atoms with Gasteiger partial charge in [0.05, 0.1) is 35.9 Å². The number of aryl methyl sites for hydroxylation is 1. The van der Waals surface area contributed by atoms with Crippen molar-refractivity contribution in [1.82, 2.24) is 9.88 Å². The number of likely N-dealkylation sites (tertiary alicyclic amines) is 1. The molecule has 1 atom stereocenters.